The number of hydrogen-bond donors (Lipinski definition) is 2. The van der Waals surface area contributed by atoms with Crippen molar-refractivity contribution in [2.45, 2.75) is 25.8 Å². The highest BCUT2D eigenvalue weighted by molar-refractivity contribution is 7.07. The summed E-state index contributed by atoms with van der Waals surface area (Å²) >= 11 is 1.41. The summed E-state index contributed by atoms with van der Waals surface area (Å²) < 4.78 is 1.90. The molecule has 1 aliphatic rings. The van der Waals surface area contributed by atoms with Gasteiger partial charge in [-0.15, -0.1) is 11.3 Å². The average Bonchev–Trinajstić information content (AvgIpc) is 3.59. The lowest BCUT2D eigenvalue weighted by atomic mass is 10.1. The zero-order valence-electron chi connectivity index (χ0n) is 18.4. The molecular weight excluding hydrogens is 450 g/mol. The number of carbonyl (C=O) groups excluding carboxylic acids is 2. The van der Waals surface area contributed by atoms with Crippen LogP contribution in [-0.2, 0) is 4.79 Å². The van der Waals surface area contributed by atoms with Crippen molar-refractivity contribution in [2.24, 2.45) is 0 Å². The van der Waals surface area contributed by atoms with Gasteiger partial charge in [0, 0.05) is 35.4 Å². The van der Waals surface area contributed by atoms with E-state index in [2.05, 4.69) is 27.1 Å². The van der Waals surface area contributed by atoms with Crippen LogP contribution < -0.4 is 11.1 Å². The van der Waals surface area contributed by atoms with E-state index in [4.69, 9.17) is 10.7 Å². The molecule has 0 spiro atoms. The van der Waals surface area contributed by atoms with Crippen LogP contribution in [0.5, 0.6) is 0 Å². The highest BCUT2D eigenvalue weighted by Crippen LogP contribution is 2.36. The van der Waals surface area contributed by atoms with Crippen LogP contribution in [0.25, 0.3) is 16.8 Å². The van der Waals surface area contributed by atoms with Gasteiger partial charge in [-0.2, -0.15) is 0 Å². The fourth-order valence-corrected chi connectivity index (χ4v) is 4.71. The van der Waals surface area contributed by atoms with E-state index in [1.807, 2.05) is 16.5 Å². The number of nitrogens with one attached hydrogen (secondary N) is 1. The van der Waals surface area contributed by atoms with Crippen molar-refractivity contribution in [3.05, 3.63) is 58.9 Å². The third-order valence-electron chi connectivity index (χ3n) is 5.75. The number of nitrogen functional groups attached to an aromatic ring is 1. The lowest BCUT2D eigenvalue weighted by Gasteiger charge is -2.21. The third-order valence-corrected chi connectivity index (χ3v) is 6.33. The maximum absolute atomic E-state index is 12.6. The van der Waals surface area contributed by atoms with Crippen LogP contribution in [0.4, 0.5) is 11.6 Å². The van der Waals surface area contributed by atoms with Crippen LogP contribution in [0, 0.1) is 11.8 Å². The second-order valence-electron chi connectivity index (χ2n) is 7.79. The number of nitrogens with zero attached hydrogens (tertiary/aromatic N) is 5. The van der Waals surface area contributed by atoms with Gasteiger partial charge in [0.15, 0.2) is 0 Å². The van der Waals surface area contributed by atoms with E-state index in [0.717, 1.165) is 18.4 Å². The zero-order valence-corrected chi connectivity index (χ0v) is 19.2. The van der Waals surface area contributed by atoms with Gasteiger partial charge in [0.05, 0.1) is 11.6 Å². The topological polar surface area (TPSA) is 119 Å². The maximum Gasteiger partial charge on any atom is 0.299 e. The summed E-state index contributed by atoms with van der Waals surface area (Å²) in [5.41, 5.74) is 10.5. The van der Waals surface area contributed by atoms with E-state index in [9.17, 15) is 9.59 Å². The molecule has 1 aliphatic heterocycles. The first-order valence-electron chi connectivity index (χ1n) is 10.7. The Labute approximate surface area is 199 Å². The summed E-state index contributed by atoms with van der Waals surface area (Å²) in [7, 11) is 0. The molecule has 4 aromatic rings. The number of amides is 2. The normalized spacial score (nSPS) is 15.2. The molecule has 3 aromatic heterocycles. The molecule has 0 unspecified atom stereocenters. The van der Waals surface area contributed by atoms with Gasteiger partial charge in [0.1, 0.15) is 28.7 Å². The van der Waals surface area contributed by atoms with Gasteiger partial charge in [-0.05, 0) is 37.8 Å². The molecule has 1 atom stereocenters. The Morgan fingerprint density at radius 3 is 2.79 bits per heavy atom. The smallest absolute Gasteiger partial charge is 0.299 e. The van der Waals surface area contributed by atoms with E-state index in [-0.39, 0.29) is 17.9 Å². The first-order chi connectivity index (χ1) is 16.6. The average molecular weight is 472 g/mol. The summed E-state index contributed by atoms with van der Waals surface area (Å²) in [5, 5.41) is 4.53. The highest BCUT2D eigenvalue weighted by atomic mass is 32.1. The summed E-state index contributed by atoms with van der Waals surface area (Å²) in [6.07, 6.45) is 5.08. The Kier molecular flexibility index (Phi) is 5.69. The second-order valence-corrected chi connectivity index (χ2v) is 8.51. The number of thiazole rings is 1. The lowest BCUT2D eigenvalue weighted by Crippen LogP contribution is -2.30. The largest absolute Gasteiger partial charge is 0.382 e. The molecule has 5 rings (SSSR count). The van der Waals surface area contributed by atoms with Gasteiger partial charge in [-0.25, -0.2) is 15.0 Å². The fourth-order valence-electron chi connectivity index (χ4n) is 4.22. The monoisotopic (exact) mass is 471 g/mol. The Hall–Kier alpha value is -4.23. The molecule has 1 fully saturated rings. The number of imidazole rings is 1. The highest BCUT2D eigenvalue weighted by Gasteiger charge is 2.33. The number of carbonyl (C=O) groups is 2. The molecule has 4 heterocycles. The fraction of sp³-hybridized carbons (Fsp3) is 0.208. The zero-order chi connectivity index (χ0) is 23.7. The molecule has 1 aromatic carbocycles. The molecule has 34 heavy (non-hydrogen) atoms. The van der Waals surface area contributed by atoms with Crippen LogP contribution in [-0.4, -0.2) is 42.6 Å². The Bertz CT molecular complexity index is 1430. The standard InChI is InChI=1S/C24H21N7O2S/c1-2-4-19(32)30-11-3-5-17(30)23-29-20(21-22(25)26-10-12-31(21)23)15-6-8-16(9-7-15)24(33)28-18-13-34-14-27-18/h6-10,12-14,17H,3,5,11H2,1H3,(H2,25,26)(H,28,33)/t17-/m1/s1. The van der Waals surface area contributed by atoms with Gasteiger partial charge in [0.25, 0.3) is 11.8 Å². The van der Waals surface area contributed by atoms with Crippen molar-refractivity contribution in [3.8, 4) is 23.1 Å². The minimum atomic E-state index is -0.244. The van der Waals surface area contributed by atoms with Gasteiger partial charge in [-0.3, -0.25) is 14.0 Å². The Morgan fingerprint density at radius 2 is 2.06 bits per heavy atom. The first kappa shape index (κ1) is 21.6. The van der Waals surface area contributed by atoms with Crippen LogP contribution in [0.2, 0.25) is 0 Å². The number of likely N-dealkylation sites (tertiary alicyclic amines) is 1. The molecule has 10 heteroatoms. The third kappa shape index (κ3) is 3.86. The van der Waals surface area contributed by atoms with Crippen LogP contribution in [0.1, 0.15) is 42.0 Å². The van der Waals surface area contributed by atoms with Crippen LogP contribution in [0.15, 0.2) is 47.5 Å². The SMILES string of the molecule is CC#CC(=O)N1CCC[C@@H]1c1nc(-c2ccc(C(=O)Nc3cscn3)cc2)c2c(N)nccn12. The number of aromatic nitrogens is 4. The van der Waals surface area contributed by atoms with Gasteiger partial charge < -0.3 is 16.0 Å². The van der Waals surface area contributed by atoms with Crippen molar-refractivity contribution < 1.29 is 9.59 Å². The molecule has 0 aliphatic carbocycles. The van der Waals surface area contributed by atoms with E-state index in [1.54, 1.807) is 47.2 Å². The molecule has 1 saturated heterocycles. The van der Waals surface area contributed by atoms with Crippen molar-refractivity contribution in [3.63, 3.8) is 0 Å². The molecule has 0 saturated carbocycles. The van der Waals surface area contributed by atoms with E-state index < -0.39 is 0 Å². The molecule has 2 amide bonds. The van der Waals surface area contributed by atoms with Crippen molar-refractivity contribution in [1.29, 1.82) is 0 Å². The number of rotatable bonds is 4. The molecule has 0 radical (unpaired) electrons. The Morgan fingerprint density at radius 1 is 1.24 bits per heavy atom. The second kappa shape index (κ2) is 8.96. The van der Waals surface area contributed by atoms with Crippen molar-refractivity contribution in [1.82, 2.24) is 24.3 Å². The first-order valence-corrected chi connectivity index (χ1v) is 11.7. The summed E-state index contributed by atoms with van der Waals surface area (Å²) in [6.45, 7) is 2.28. The molecule has 170 valence electrons. The number of hydrogen-bond acceptors (Lipinski definition) is 7. The van der Waals surface area contributed by atoms with Gasteiger partial charge in [-0.1, -0.05) is 18.1 Å². The van der Waals surface area contributed by atoms with Crippen LogP contribution >= 0.6 is 11.3 Å². The predicted octanol–water partition coefficient (Wildman–Crippen LogP) is 3.37. The summed E-state index contributed by atoms with van der Waals surface area (Å²) in [6, 6.07) is 6.91. The van der Waals surface area contributed by atoms with E-state index >= 15 is 0 Å². The summed E-state index contributed by atoms with van der Waals surface area (Å²) in [5.74, 6) is 6.45. The molecular formula is C24H21N7O2S. The number of benzene rings is 1. The number of anilines is 2. The minimum absolute atomic E-state index is 0.208. The number of fused-ring (bicyclic) bond motifs is 1. The van der Waals surface area contributed by atoms with Gasteiger partial charge >= 0.3 is 0 Å². The quantitative estimate of drug-likeness (QED) is 0.441. The minimum Gasteiger partial charge on any atom is -0.382 e. The summed E-state index contributed by atoms with van der Waals surface area (Å²) in [4.78, 5) is 40.1. The Balaban J connectivity index is 1.52. The van der Waals surface area contributed by atoms with Gasteiger partial charge in [0.2, 0.25) is 0 Å². The van der Waals surface area contributed by atoms with E-state index in [0.29, 0.717) is 40.8 Å². The molecule has 0 bridgehead atoms. The number of nitrogens with two attached hydrogens (primary N) is 1. The lowest BCUT2D eigenvalue weighted by molar-refractivity contribution is -0.126. The van der Waals surface area contributed by atoms with Crippen LogP contribution in [0.3, 0.4) is 0 Å². The van der Waals surface area contributed by atoms with E-state index in [1.165, 1.54) is 11.3 Å². The van der Waals surface area contributed by atoms with Crippen molar-refractivity contribution in [2.75, 3.05) is 17.6 Å². The molecule has 3 N–H and O–H groups in total. The molecule has 9 nitrogen and oxygen atoms in total. The maximum atomic E-state index is 12.6. The van der Waals surface area contributed by atoms with Crippen molar-refractivity contribution >= 4 is 40.3 Å². The predicted molar refractivity (Wildman–Crippen MR) is 130 cm³/mol.